The largest absolute Gasteiger partial charge is 0.504 e. The lowest BCUT2D eigenvalue weighted by Gasteiger charge is -2.09. The number of para-hydroxylation sites is 1. The van der Waals surface area contributed by atoms with Crippen molar-refractivity contribution in [2.45, 2.75) is 13.8 Å². The summed E-state index contributed by atoms with van der Waals surface area (Å²) in [5.74, 6) is -1.57. The lowest BCUT2D eigenvalue weighted by Crippen LogP contribution is -2.07. The molecule has 5 heteroatoms. The molecule has 0 aliphatic heterocycles. The highest BCUT2D eigenvalue weighted by molar-refractivity contribution is 5.75. The predicted octanol–water partition coefficient (Wildman–Crippen LogP) is 1.24. The molecule has 1 rings (SSSR count). The van der Waals surface area contributed by atoms with Gasteiger partial charge in [0.15, 0.2) is 11.5 Å². The molecule has 1 aromatic rings. The second-order valence-corrected chi connectivity index (χ2v) is 2.79. The molecule has 1 aromatic carbocycles. The smallest absolute Gasteiger partial charge is 0.308 e. The molecule has 0 heterocycles. The van der Waals surface area contributed by atoms with Crippen molar-refractivity contribution in [3.05, 3.63) is 18.2 Å². The van der Waals surface area contributed by atoms with E-state index in [9.17, 15) is 14.7 Å². The number of phenolic OH excluding ortho intramolecular Hbond substituents is 1. The van der Waals surface area contributed by atoms with Crippen molar-refractivity contribution in [1.29, 1.82) is 0 Å². The Kier molecular flexibility index (Phi) is 3.28. The minimum absolute atomic E-state index is 0.0118. The summed E-state index contributed by atoms with van der Waals surface area (Å²) < 4.78 is 9.46. The molecule has 0 unspecified atom stereocenters. The highest BCUT2D eigenvalue weighted by Gasteiger charge is 2.13. The van der Waals surface area contributed by atoms with E-state index in [0.29, 0.717) is 0 Å². The third-order valence-electron chi connectivity index (χ3n) is 1.46. The first-order valence-corrected chi connectivity index (χ1v) is 4.19. The standard InChI is InChI=1S/C10H10O5/c1-6(11)14-9-5-3-4-8(13)10(9)15-7(2)12/h3-5,13H,1-2H3. The summed E-state index contributed by atoms with van der Waals surface area (Å²) in [4.78, 5) is 21.4. The zero-order valence-electron chi connectivity index (χ0n) is 8.31. The van der Waals surface area contributed by atoms with E-state index in [1.807, 2.05) is 0 Å². The molecule has 0 radical (unpaired) electrons. The lowest BCUT2D eigenvalue weighted by molar-refractivity contribution is -0.134. The van der Waals surface area contributed by atoms with Crippen molar-refractivity contribution in [2.75, 3.05) is 0 Å². The number of benzene rings is 1. The van der Waals surface area contributed by atoms with Crippen LogP contribution in [-0.4, -0.2) is 17.0 Å². The molecule has 0 amide bonds. The molecule has 0 spiro atoms. The Morgan fingerprint density at radius 3 is 2.27 bits per heavy atom. The van der Waals surface area contributed by atoms with Gasteiger partial charge in [-0.15, -0.1) is 0 Å². The van der Waals surface area contributed by atoms with Crippen LogP contribution < -0.4 is 9.47 Å². The van der Waals surface area contributed by atoms with Crippen molar-refractivity contribution >= 4 is 11.9 Å². The van der Waals surface area contributed by atoms with Gasteiger partial charge in [0.05, 0.1) is 0 Å². The number of hydrogen-bond donors (Lipinski definition) is 1. The number of esters is 2. The van der Waals surface area contributed by atoms with Crippen LogP contribution in [0.15, 0.2) is 18.2 Å². The third kappa shape index (κ3) is 2.98. The van der Waals surface area contributed by atoms with Crippen LogP contribution in [0.2, 0.25) is 0 Å². The van der Waals surface area contributed by atoms with E-state index >= 15 is 0 Å². The van der Waals surface area contributed by atoms with Crippen molar-refractivity contribution < 1.29 is 24.2 Å². The van der Waals surface area contributed by atoms with Crippen LogP contribution >= 0.6 is 0 Å². The Hall–Kier alpha value is -2.04. The van der Waals surface area contributed by atoms with Gasteiger partial charge in [0, 0.05) is 13.8 Å². The number of hydrogen-bond acceptors (Lipinski definition) is 5. The minimum atomic E-state index is -0.607. The molecule has 0 aliphatic carbocycles. The van der Waals surface area contributed by atoms with Crippen LogP contribution in [0.4, 0.5) is 0 Å². The molecule has 15 heavy (non-hydrogen) atoms. The van der Waals surface area contributed by atoms with E-state index in [2.05, 4.69) is 0 Å². The second kappa shape index (κ2) is 4.45. The Morgan fingerprint density at radius 2 is 1.73 bits per heavy atom. The van der Waals surface area contributed by atoms with Gasteiger partial charge in [0.2, 0.25) is 5.75 Å². The Morgan fingerprint density at radius 1 is 1.13 bits per heavy atom. The Balaban J connectivity index is 3.08. The van der Waals surface area contributed by atoms with Gasteiger partial charge >= 0.3 is 11.9 Å². The maximum absolute atomic E-state index is 10.7. The van der Waals surface area contributed by atoms with Gasteiger partial charge in [-0.25, -0.2) is 0 Å². The van der Waals surface area contributed by atoms with Crippen molar-refractivity contribution in [3.8, 4) is 17.2 Å². The first kappa shape index (κ1) is 11.0. The molecule has 0 saturated carbocycles. The highest BCUT2D eigenvalue weighted by Crippen LogP contribution is 2.36. The van der Waals surface area contributed by atoms with Crippen LogP contribution in [0.1, 0.15) is 13.8 Å². The van der Waals surface area contributed by atoms with Gasteiger partial charge in [-0.1, -0.05) is 6.07 Å². The molecular formula is C10H10O5. The van der Waals surface area contributed by atoms with Crippen LogP contribution in [0.3, 0.4) is 0 Å². The van der Waals surface area contributed by atoms with Gasteiger partial charge < -0.3 is 14.6 Å². The second-order valence-electron chi connectivity index (χ2n) is 2.79. The number of rotatable bonds is 2. The maximum Gasteiger partial charge on any atom is 0.308 e. The molecular weight excluding hydrogens is 200 g/mol. The number of aromatic hydroxyl groups is 1. The predicted molar refractivity (Wildman–Crippen MR) is 50.7 cm³/mol. The maximum atomic E-state index is 10.7. The normalized spacial score (nSPS) is 9.47. The number of phenols is 1. The van der Waals surface area contributed by atoms with Gasteiger partial charge in [-0.05, 0) is 12.1 Å². The van der Waals surface area contributed by atoms with Crippen molar-refractivity contribution in [2.24, 2.45) is 0 Å². The van der Waals surface area contributed by atoms with Gasteiger partial charge in [-0.2, -0.15) is 0 Å². The Labute approximate surface area is 86.2 Å². The zero-order chi connectivity index (χ0) is 11.4. The molecule has 0 aliphatic rings. The Bertz CT molecular complexity index is 397. The SMILES string of the molecule is CC(=O)Oc1cccc(O)c1OC(C)=O. The van der Waals surface area contributed by atoms with E-state index in [1.165, 1.54) is 32.0 Å². The van der Waals surface area contributed by atoms with Crippen molar-refractivity contribution in [3.63, 3.8) is 0 Å². The van der Waals surface area contributed by atoms with Crippen LogP contribution in [0.5, 0.6) is 17.2 Å². The lowest BCUT2D eigenvalue weighted by atomic mass is 10.3. The average Bonchev–Trinajstić information content (AvgIpc) is 2.09. The molecule has 0 saturated heterocycles. The van der Waals surface area contributed by atoms with E-state index in [-0.39, 0.29) is 17.2 Å². The fourth-order valence-electron chi connectivity index (χ4n) is 0.986. The zero-order valence-corrected chi connectivity index (χ0v) is 8.31. The number of carbonyl (C=O) groups is 2. The van der Waals surface area contributed by atoms with Crippen LogP contribution in [0, 0.1) is 0 Å². The average molecular weight is 210 g/mol. The van der Waals surface area contributed by atoms with Crippen LogP contribution in [-0.2, 0) is 9.59 Å². The molecule has 1 N–H and O–H groups in total. The topological polar surface area (TPSA) is 72.8 Å². The fourth-order valence-corrected chi connectivity index (χ4v) is 0.986. The summed E-state index contributed by atoms with van der Waals surface area (Å²) in [6.45, 7) is 2.39. The van der Waals surface area contributed by atoms with Gasteiger partial charge in [0.25, 0.3) is 0 Å². The van der Waals surface area contributed by atoms with Crippen LogP contribution in [0.25, 0.3) is 0 Å². The quantitative estimate of drug-likeness (QED) is 0.587. The van der Waals surface area contributed by atoms with E-state index in [0.717, 1.165) is 0 Å². The van der Waals surface area contributed by atoms with E-state index in [1.54, 1.807) is 0 Å². The molecule has 0 aromatic heterocycles. The number of carbonyl (C=O) groups excluding carboxylic acids is 2. The summed E-state index contributed by atoms with van der Waals surface area (Å²) in [6.07, 6.45) is 0. The monoisotopic (exact) mass is 210 g/mol. The summed E-state index contributed by atoms with van der Waals surface area (Å²) in [5, 5.41) is 9.38. The summed E-state index contributed by atoms with van der Waals surface area (Å²) >= 11 is 0. The summed E-state index contributed by atoms with van der Waals surface area (Å²) in [7, 11) is 0. The molecule has 0 atom stereocenters. The summed E-state index contributed by atoms with van der Waals surface area (Å²) in [5.41, 5.74) is 0. The molecule has 0 fully saturated rings. The fraction of sp³-hybridized carbons (Fsp3) is 0.200. The van der Waals surface area contributed by atoms with Gasteiger partial charge in [0.1, 0.15) is 0 Å². The first-order valence-electron chi connectivity index (χ1n) is 4.19. The third-order valence-corrected chi connectivity index (χ3v) is 1.46. The van der Waals surface area contributed by atoms with Gasteiger partial charge in [-0.3, -0.25) is 9.59 Å². The molecule has 5 nitrogen and oxygen atoms in total. The van der Waals surface area contributed by atoms with E-state index in [4.69, 9.17) is 9.47 Å². The van der Waals surface area contributed by atoms with E-state index < -0.39 is 11.9 Å². The number of ether oxygens (including phenoxy) is 2. The highest BCUT2D eigenvalue weighted by atomic mass is 16.6. The molecule has 80 valence electrons. The summed E-state index contributed by atoms with van der Waals surface area (Å²) in [6, 6.07) is 4.21. The minimum Gasteiger partial charge on any atom is -0.504 e. The first-order chi connectivity index (χ1) is 7.00. The molecule has 0 bridgehead atoms. The van der Waals surface area contributed by atoms with Crippen molar-refractivity contribution in [1.82, 2.24) is 0 Å².